The van der Waals surface area contributed by atoms with Gasteiger partial charge in [0.15, 0.2) is 5.13 Å². The van der Waals surface area contributed by atoms with Gasteiger partial charge in [0.2, 0.25) is 0 Å². The molecule has 0 aliphatic heterocycles. The van der Waals surface area contributed by atoms with Crippen molar-refractivity contribution in [3.8, 4) is 17.2 Å². The van der Waals surface area contributed by atoms with Crippen molar-refractivity contribution in [1.29, 1.82) is 5.26 Å². The fourth-order valence-corrected chi connectivity index (χ4v) is 4.95. The first-order valence-corrected chi connectivity index (χ1v) is 11.4. The SMILES string of the molecule is N#Cc1ccc(-c2cnn(Cc3cccc(C(=O)Nc4nc5c(s4)CCCC5)c3)c2)cc1. The minimum absolute atomic E-state index is 0.142. The predicted molar refractivity (Wildman–Crippen MR) is 125 cm³/mol. The van der Waals surface area contributed by atoms with E-state index in [2.05, 4.69) is 21.5 Å². The van der Waals surface area contributed by atoms with Crippen molar-refractivity contribution < 1.29 is 4.79 Å². The first-order valence-electron chi connectivity index (χ1n) is 10.6. The Balaban J connectivity index is 1.28. The van der Waals surface area contributed by atoms with E-state index in [1.54, 1.807) is 23.5 Å². The molecule has 0 fully saturated rings. The summed E-state index contributed by atoms with van der Waals surface area (Å²) >= 11 is 1.59. The first kappa shape index (κ1) is 20.2. The summed E-state index contributed by atoms with van der Waals surface area (Å²) < 4.78 is 1.85. The zero-order chi connectivity index (χ0) is 21.9. The lowest BCUT2D eigenvalue weighted by Crippen LogP contribution is -2.12. The highest BCUT2D eigenvalue weighted by atomic mass is 32.1. The second-order valence-electron chi connectivity index (χ2n) is 7.87. The standard InChI is InChI=1S/C25H21N5OS/c26-13-17-8-10-19(11-9-17)21-14-27-30(16-21)15-18-4-3-5-20(12-18)24(31)29-25-28-22-6-1-2-7-23(22)32-25/h3-5,8-12,14,16H,1-2,6-7,15H2,(H,28,29,31). The third kappa shape index (κ3) is 4.32. The Morgan fingerprint density at radius 3 is 2.78 bits per heavy atom. The molecule has 5 rings (SSSR count). The quantitative estimate of drug-likeness (QED) is 0.471. The molecule has 1 aliphatic carbocycles. The fourth-order valence-electron chi connectivity index (χ4n) is 3.91. The van der Waals surface area contributed by atoms with Gasteiger partial charge in [-0.3, -0.25) is 14.8 Å². The van der Waals surface area contributed by atoms with Crippen molar-refractivity contribution in [3.05, 3.63) is 88.2 Å². The number of thiazole rings is 1. The molecule has 158 valence electrons. The zero-order valence-corrected chi connectivity index (χ0v) is 18.2. The summed E-state index contributed by atoms with van der Waals surface area (Å²) in [6, 6.07) is 17.2. The molecule has 0 spiro atoms. The number of hydrogen-bond acceptors (Lipinski definition) is 5. The highest BCUT2D eigenvalue weighted by Crippen LogP contribution is 2.29. The number of amides is 1. The Bertz CT molecular complexity index is 1290. The minimum Gasteiger partial charge on any atom is -0.298 e. The molecule has 0 radical (unpaired) electrons. The molecule has 0 unspecified atom stereocenters. The Morgan fingerprint density at radius 2 is 1.97 bits per heavy atom. The summed E-state index contributed by atoms with van der Waals surface area (Å²) in [5, 5.41) is 17.1. The fraction of sp³-hybridized carbons (Fsp3) is 0.200. The predicted octanol–water partition coefficient (Wildman–Crippen LogP) is 5.06. The first-order chi connectivity index (χ1) is 15.7. The molecule has 7 heteroatoms. The van der Waals surface area contributed by atoms with Gasteiger partial charge in [-0.1, -0.05) is 24.3 Å². The third-order valence-corrected chi connectivity index (χ3v) is 6.65. The largest absolute Gasteiger partial charge is 0.298 e. The van der Waals surface area contributed by atoms with Crippen molar-refractivity contribution in [3.63, 3.8) is 0 Å². The summed E-state index contributed by atoms with van der Waals surface area (Å²) in [5.41, 5.74) is 5.36. The third-order valence-electron chi connectivity index (χ3n) is 5.58. The molecule has 1 N–H and O–H groups in total. The summed E-state index contributed by atoms with van der Waals surface area (Å²) in [4.78, 5) is 18.7. The van der Waals surface area contributed by atoms with Gasteiger partial charge in [0, 0.05) is 22.2 Å². The molecule has 0 saturated carbocycles. The van der Waals surface area contributed by atoms with Gasteiger partial charge in [-0.25, -0.2) is 4.98 Å². The van der Waals surface area contributed by atoms with Crippen LogP contribution in [0.2, 0.25) is 0 Å². The van der Waals surface area contributed by atoms with Crippen molar-refractivity contribution in [2.24, 2.45) is 0 Å². The van der Waals surface area contributed by atoms with E-state index in [-0.39, 0.29) is 5.91 Å². The highest BCUT2D eigenvalue weighted by Gasteiger charge is 2.17. The number of nitrogens with zero attached hydrogens (tertiary/aromatic N) is 4. The van der Waals surface area contributed by atoms with E-state index in [1.807, 2.05) is 53.5 Å². The molecule has 0 atom stereocenters. The number of carbonyl (C=O) groups excluding carboxylic acids is 1. The lowest BCUT2D eigenvalue weighted by Gasteiger charge is -2.06. The normalized spacial score (nSPS) is 12.7. The summed E-state index contributed by atoms with van der Waals surface area (Å²) in [6.07, 6.45) is 8.21. The second kappa shape index (κ2) is 8.77. The van der Waals surface area contributed by atoms with Crippen LogP contribution < -0.4 is 5.32 Å². The smallest absolute Gasteiger partial charge is 0.257 e. The lowest BCUT2D eigenvalue weighted by atomic mass is 10.0. The number of fused-ring (bicyclic) bond motifs is 1. The van der Waals surface area contributed by atoms with Gasteiger partial charge < -0.3 is 0 Å². The summed E-state index contributed by atoms with van der Waals surface area (Å²) in [6.45, 7) is 0.558. The van der Waals surface area contributed by atoms with Crippen LogP contribution in [0.25, 0.3) is 11.1 Å². The van der Waals surface area contributed by atoms with Crippen molar-refractivity contribution >= 4 is 22.4 Å². The molecule has 0 bridgehead atoms. The molecule has 1 aliphatic rings. The lowest BCUT2D eigenvalue weighted by molar-refractivity contribution is 0.102. The van der Waals surface area contributed by atoms with Crippen LogP contribution in [0.5, 0.6) is 0 Å². The Labute approximate surface area is 190 Å². The van der Waals surface area contributed by atoms with E-state index in [4.69, 9.17) is 5.26 Å². The number of aryl methyl sites for hydroxylation is 2. The van der Waals surface area contributed by atoms with Crippen LogP contribution in [-0.2, 0) is 19.4 Å². The Hall–Kier alpha value is -3.76. The van der Waals surface area contributed by atoms with Crippen LogP contribution >= 0.6 is 11.3 Å². The van der Waals surface area contributed by atoms with Crippen LogP contribution in [0, 0.1) is 11.3 Å². The number of nitriles is 1. The Kier molecular flexibility index (Phi) is 5.53. The maximum atomic E-state index is 12.8. The van der Waals surface area contributed by atoms with Crippen LogP contribution in [0.1, 0.15) is 44.9 Å². The number of carbonyl (C=O) groups is 1. The maximum absolute atomic E-state index is 12.8. The second-order valence-corrected chi connectivity index (χ2v) is 8.95. The van der Waals surface area contributed by atoms with Gasteiger partial charge in [-0.15, -0.1) is 11.3 Å². The monoisotopic (exact) mass is 439 g/mol. The molecule has 2 aromatic carbocycles. The van der Waals surface area contributed by atoms with Crippen LogP contribution in [0.3, 0.4) is 0 Å². The number of hydrogen-bond donors (Lipinski definition) is 1. The average Bonchev–Trinajstić information content (AvgIpc) is 3.46. The molecule has 1 amide bonds. The summed E-state index contributed by atoms with van der Waals surface area (Å²) in [7, 11) is 0. The number of benzene rings is 2. The topological polar surface area (TPSA) is 83.6 Å². The Morgan fingerprint density at radius 1 is 1.12 bits per heavy atom. The van der Waals surface area contributed by atoms with Gasteiger partial charge in [-0.05, 0) is 61.1 Å². The van der Waals surface area contributed by atoms with E-state index < -0.39 is 0 Å². The molecule has 32 heavy (non-hydrogen) atoms. The minimum atomic E-state index is -0.142. The molecule has 0 saturated heterocycles. The van der Waals surface area contributed by atoms with Crippen LogP contribution in [-0.4, -0.2) is 20.7 Å². The van der Waals surface area contributed by atoms with Crippen molar-refractivity contribution in [2.75, 3.05) is 5.32 Å². The maximum Gasteiger partial charge on any atom is 0.257 e. The van der Waals surface area contributed by atoms with Gasteiger partial charge in [0.1, 0.15) is 0 Å². The van der Waals surface area contributed by atoms with E-state index >= 15 is 0 Å². The number of aromatic nitrogens is 3. The van der Waals surface area contributed by atoms with Gasteiger partial charge >= 0.3 is 0 Å². The van der Waals surface area contributed by atoms with Gasteiger partial charge in [-0.2, -0.15) is 10.4 Å². The highest BCUT2D eigenvalue weighted by molar-refractivity contribution is 7.15. The van der Waals surface area contributed by atoms with Gasteiger partial charge in [0.25, 0.3) is 5.91 Å². The molecular weight excluding hydrogens is 418 g/mol. The average molecular weight is 440 g/mol. The van der Waals surface area contributed by atoms with Gasteiger partial charge in [0.05, 0.1) is 30.1 Å². The number of rotatable bonds is 5. The molecule has 4 aromatic rings. The van der Waals surface area contributed by atoms with E-state index in [0.29, 0.717) is 22.8 Å². The molecule has 2 heterocycles. The van der Waals surface area contributed by atoms with Crippen LogP contribution in [0.4, 0.5) is 5.13 Å². The van der Waals surface area contributed by atoms with Crippen molar-refractivity contribution in [2.45, 2.75) is 32.2 Å². The zero-order valence-electron chi connectivity index (χ0n) is 17.4. The molecule has 2 aromatic heterocycles. The van der Waals surface area contributed by atoms with Crippen LogP contribution in [0.15, 0.2) is 60.9 Å². The number of nitrogens with one attached hydrogen (secondary N) is 1. The molecule has 6 nitrogen and oxygen atoms in total. The van der Waals surface area contributed by atoms with Crippen molar-refractivity contribution in [1.82, 2.24) is 14.8 Å². The van der Waals surface area contributed by atoms with E-state index in [1.165, 1.54) is 17.7 Å². The van der Waals surface area contributed by atoms with E-state index in [9.17, 15) is 4.79 Å². The molecular formula is C25H21N5OS. The summed E-state index contributed by atoms with van der Waals surface area (Å²) in [5.74, 6) is -0.142. The number of anilines is 1. The van der Waals surface area contributed by atoms with E-state index in [0.717, 1.165) is 35.2 Å².